The van der Waals surface area contributed by atoms with Gasteiger partial charge < -0.3 is 60.4 Å². The van der Waals surface area contributed by atoms with Crippen molar-refractivity contribution in [3.63, 3.8) is 0 Å². The zero-order chi connectivity index (χ0) is 33.6. The monoisotopic (exact) mass is 757 g/mol. The van der Waals surface area contributed by atoms with Gasteiger partial charge in [0.2, 0.25) is 19.2 Å². The molecule has 0 saturated heterocycles. The maximum atomic E-state index is 11.7. The number of oxime groups is 1. The molecule has 0 aromatic heterocycles. The minimum atomic E-state index is -1.75. The molecule has 1 rings (SSSR count). The molecule has 0 aliphatic carbocycles. The minimum Gasteiger partial charge on any atom is -0.870 e. The Morgan fingerprint density at radius 2 is 1.24 bits per heavy atom. The summed E-state index contributed by atoms with van der Waals surface area (Å²) in [6.45, 7) is 1.31. The van der Waals surface area contributed by atoms with Crippen LogP contribution in [0.2, 0.25) is 0 Å². The molecule has 42 heavy (non-hydrogen) atoms. The van der Waals surface area contributed by atoms with Gasteiger partial charge in [0, 0.05) is 42.3 Å². The second kappa shape index (κ2) is 34.5. The van der Waals surface area contributed by atoms with Crippen LogP contribution in [0.4, 0.5) is 0 Å². The molecule has 0 aliphatic heterocycles. The Kier molecular flexibility index (Phi) is 41.4. The van der Waals surface area contributed by atoms with Crippen LogP contribution in [0.3, 0.4) is 0 Å². The molecule has 0 aliphatic rings. The summed E-state index contributed by atoms with van der Waals surface area (Å²) in [6, 6.07) is 4.69. The predicted octanol–water partition coefficient (Wildman–Crippen LogP) is -1.30. The van der Waals surface area contributed by atoms with Gasteiger partial charge in [0.15, 0.2) is 0 Å². The Balaban J connectivity index is -0.000000111. The van der Waals surface area contributed by atoms with Gasteiger partial charge in [0.1, 0.15) is 11.5 Å². The number of para-hydroxylation sites is 1. The van der Waals surface area contributed by atoms with E-state index in [9.17, 15) is 24.3 Å². The smallest absolute Gasteiger partial charge is 0.870 e. The van der Waals surface area contributed by atoms with E-state index >= 15 is 0 Å². The van der Waals surface area contributed by atoms with Crippen molar-refractivity contribution in [1.29, 1.82) is 0 Å². The minimum absolute atomic E-state index is 0. The Labute approximate surface area is 271 Å². The zero-order valence-electron chi connectivity index (χ0n) is 23.8. The van der Waals surface area contributed by atoms with Crippen LogP contribution < -0.4 is 15.3 Å². The van der Waals surface area contributed by atoms with Gasteiger partial charge in [0.05, 0.1) is 23.5 Å². The third kappa shape index (κ3) is 48.6. The molecule has 2 N–H and O–H groups in total. The standard InChI is InChI=1S/C11H13N3O4.3C3H7NO.Dy.2NO3/c1-7(14-17)11(16)13-12-6-8-4-3-5-9(18-2)10(8)15;3*1-4(2)3-5;;2*2-1(3)4/h3-6,15,17H,1-2H3,(H,13,16);3*3H,1-2H3;;;/q;;;;+3;2*-1/p-1/b12-6+,14-7+;;;;;;. The van der Waals surface area contributed by atoms with E-state index < -0.39 is 16.1 Å². The number of methoxy groups -OCH3 is 1. The molecule has 0 atom stereocenters. The van der Waals surface area contributed by atoms with Crippen molar-refractivity contribution >= 4 is 37.1 Å². The summed E-state index contributed by atoms with van der Waals surface area (Å²) in [5.41, 5.74) is 2.24. The van der Waals surface area contributed by atoms with Gasteiger partial charge in [-0.1, -0.05) is 23.0 Å². The molecule has 0 heterocycles. The second-order valence-electron chi connectivity index (χ2n) is 6.92. The summed E-state index contributed by atoms with van der Waals surface area (Å²) in [4.78, 5) is 60.3. The molecular weight excluding hydrogens is 723 g/mol. The van der Waals surface area contributed by atoms with E-state index in [4.69, 9.17) is 40.6 Å². The number of hydrazone groups is 1. The number of benzene rings is 1. The number of nitrogens with one attached hydrogen (secondary N) is 1. The number of carbonyl (C=O) groups is 4. The van der Waals surface area contributed by atoms with Gasteiger partial charge >= 0.3 is 38.2 Å². The fourth-order valence-electron chi connectivity index (χ4n) is 1.08. The van der Waals surface area contributed by atoms with E-state index in [0.29, 0.717) is 0 Å². The summed E-state index contributed by atoms with van der Waals surface area (Å²) in [7, 11) is 11.5. The van der Waals surface area contributed by atoms with Gasteiger partial charge in [-0.05, 0) is 18.6 Å². The Morgan fingerprint density at radius 1 is 0.905 bits per heavy atom. The molecule has 0 bridgehead atoms. The van der Waals surface area contributed by atoms with Gasteiger partial charge in [-0.3, -0.25) is 19.2 Å². The van der Waals surface area contributed by atoms with Crippen molar-refractivity contribution in [1.82, 2.24) is 20.1 Å². The topological polar surface area (TPSA) is 300 Å². The number of amides is 4. The van der Waals surface area contributed by atoms with Crippen molar-refractivity contribution in [2.45, 2.75) is 6.92 Å². The molecule has 0 unspecified atom stereocenters. The average Bonchev–Trinajstić information content (AvgIpc) is 2.89. The van der Waals surface area contributed by atoms with Crippen molar-refractivity contribution in [3.05, 3.63) is 54.4 Å². The van der Waals surface area contributed by atoms with Crippen LogP contribution in [0.15, 0.2) is 28.5 Å². The summed E-state index contributed by atoms with van der Waals surface area (Å²) in [6.07, 6.45) is 3.44. The van der Waals surface area contributed by atoms with Crippen LogP contribution >= 0.6 is 0 Å². The fraction of sp³-hybridized carbons (Fsp3) is 0.400. The molecule has 0 fully saturated rings. The quantitative estimate of drug-likeness (QED) is 0.108. The van der Waals surface area contributed by atoms with E-state index in [1.54, 1.807) is 48.4 Å². The van der Waals surface area contributed by atoms with Crippen molar-refractivity contribution in [2.75, 3.05) is 49.4 Å². The first kappa shape index (κ1) is 50.4. The van der Waals surface area contributed by atoms with E-state index in [-0.39, 0.29) is 60.9 Å². The number of carbonyl (C=O) groups excluding carboxylic acids is 4. The summed E-state index contributed by atoms with van der Waals surface area (Å²) in [5, 5.41) is 55.8. The number of nitrogens with zero attached hydrogens (tertiary/aromatic N) is 7. The van der Waals surface area contributed by atoms with Crippen LogP contribution in [0, 0.1) is 68.8 Å². The summed E-state index contributed by atoms with van der Waals surface area (Å²) >= 11 is 0. The summed E-state index contributed by atoms with van der Waals surface area (Å²) in [5.74, 6) is -0.798. The number of hydrogen-bond acceptors (Lipinski definition) is 15. The maximum absolute atomic E-state index is 11.7. The summed E-state index contributed by atoms with van der Waals surface area (Å²) < 4.78 is 4.85. The van der Waals surface area contributed by atoms with E-state index in [1.807, 2.05) is 0 Å². The zero-order valence-corrected chi connectivity index (χ0v) is 25.9. The van der Waals surface area contributed by atoms with Gasteiger partial charge in [-0.15, -0.1) is 0 Å². The van der Waals surface area contributed by atoms with E-state index in [0.717, 1.165) is 19.2 Å². The predicted molar refractivity (Wildman–Crippen MR) is 143 cm³/mol. The van der Waals surface area contributed by atoms with Crippen molar-refractivity contribution < 1.29 is 82.6 Å². The number of rotatable bonds is 7. The normalized spacial score (nSPS) is 8.52. The van der Waals surface area contributed by atoms with Crippen LogP contribution in [-0.4, -0.2) is 117 Å². The Hall–Kier alpha value is -4.49. The van der Waals surface area contributed by atoms with Gasteiger partial charge in [-0.2, -0.15) is 5.10 Å². The van der Waals surface area contributed by atoms with Crippen molar-refractivity contribution in [2.24, 2.45) is 10.3 Å². The van der Waals surface area contributed by atoms with Crippen LogP contribution in [-0.2, 0) is 19.2 Å². The molecule has 1 radical (unpaired) electrons. The fourth-order valence-corrected chi connectivity index (χ4v) is 1.08. The molecule has 1 aromatic rings. The first-order valence-corrected chi connectivity index (χ1v) is 10.2. The third-order valence-corrected chi connectivity index (χ3v) is 2.71. The SMILES string of the molecule is CN(C)C=O.CN(C)C=O.CN(C)C=O.COc1cccc(/C=N/NC(=O)/C(C)=N/O)c1[O-].O=[N+]([O-])[O-].O=[N+]([O-])[O-].[Dy+3]. The Bertz CT molecular complexity index is 913. The molecule has 21 nitrogen and oxygen atoms in total. The first-order chi connectivity index (χ1) is 18.9. The van der Waals surface area contributed by atoms with Gasteiger partial charge in [0.25, 0.3) is 5.91 Å². The van der Waals surface area contributed by atoms with Crippen LogP contribution in [0.5, 0.6) is 11.5 Å². The molecule has 241 valence electrons. The molecule has 22 heteroatoms. The third-order valence-electron chi connectivity index (χ3n) is 2.71. The number of hydrogen-bond donors (Lipinski definition) is 2. The maximum Gasteiger partial charge on any atom is 3.00 e. The molecule has 1 aromatic carbocycles. The molecular formula is C20H33DyN8O13. The second-order valence-corrected chi connectivity index (χ2v) is 6.92. The average molecular weight is 756 g/mol. The van der Waals surface area contributed by atoms with E-state index in [1.165, 1.54) is 47.1 Å². The molecule has 0 spiro atoms. The first-order valence-electron chi connectivity index (χ1n) is 10.2. The van der Waals surface area contributed by atoms with Crippen LogP contribution in [0.1, 0.15) is 12.5 Å². The van der Waals surface area contributed by atoms with Crippen LogP contribution in [0.25, 0.3) is 0 Å². The molecule has 0 saturated carbocycles. The molecule has 4 amide bonds. The number of ether oxygens (including phenoxy) is 1. The van der Waals surface area contributed by atoms with E-state index in [2.05, 4.69) is 15.7 Å². The Morgan fingerprint density at radius 3 is 1.50 bits per heavy atom. The largest absolute Gasteiger partial charge is 3.00 e. The van der Waals surface area contributed by atoms with Crippen molar-refractivity contribution in [3.8, 4) is 11.5 Å². The van der Waals surface area contributed by atoms with Gasteiger partial charge in [-0.25, -0.2) is 5.43 Å².